The molecule has 2 bridgehead atoms. The number of aryl methyl sites for hydroxylation is 1. The highest BCUT2D eigenvalue weighted by molar-refractivity contribution is 5.85. The van der Waals surface area contributed by atoms with E-state index in [0.717, 1.165) is 31.0 Å². The van der Waals surface area contributed by atoms with Gasteiger partial charge < -0.3 is 14.4 Å². The quantitative estimate of drug-likeness (QED) is 0.848. The molecule has 2 aliphatic heterocycles. The van der Waals surface area contributed by atoms with Gasteiger partial charge in [0.25, 0.3) is 5.91 Å². The van der Waals surface area contributed by atoms with Gasteiger partial charge in [0, 0.05) is 25.6 Å². The molecule has 5 heteroatoms. The molecule has 0 unspecified atom stereocenters. The molecule has 24 heavy (non-hydrogen) atoms. The lowest BCUT2D eigenvalue weighted by atomic mass is 10.0. The number of carbonyl (C=O) groups is 1. The molecule has 0 spiro atoms. The molecule has 1 amide bonds. The molecule has 0 N–H and O–H groups in total. The minimum Gasteiger partial charge on any atom is -0.478 e. The number of benzene rings is 1. The third-order valence-corrected chi connectivity index (χ3v) is 4.91. The number of hydrogen-bond donors (Lipinski definition) is 0. The minimum absolute atomic E-state index is 0.0520. The largest absolute Gasteiger partial charge is 0.478 e. The van der Waals surface area contributed by atoms with Crippen LogP contribution in [0.5, 0.6) is 5.75 Å². The van der Waals surface area contributed by atoms with Crippen LogP contribution in [0.25, 0.3) is 0 Å². The summed E-state index contributed by atoms with van der Waals surface area (Å²) in [5.41, 5.74) is 0.241. The van der Waals surface area contributed by atoms with Crippen molar-refractivity contribution < 1.29 is 14.3 Å². The van der Waals surface area contributed by atoms with E-state index in [-0.39, 0.29) is 11.9 Å². The molecule has 1 aromatic rings. The van der Waals surface area contributed by atoms with Crippen LogP contribution < -0.4 is 4.74 Å². The number of fused-ring (bicyclic) bond motifs is 3. The summed E-state index contributed by atoms with van der Waals surface area (Å²) < 4.78 is 11.8. The molecular weight excluding hydrogens is 304 g/mol. The maximum absolute atomic E-state index is 13.1. The van der Waals surface area contributed by atoms with Crippen molar-refractivity contribution in [2.75, 3.05) is 39.9 Å². The van der Waals surface area contributed by atoms with E-state index in [1.807, 2.05) is 49.9 Å². The molecule has 5 nitrogen and oxygen atoms in total. The molecule has 2 heterocycles. The lowest BCUT2D eigenvalue weighted by Crippen LogP contribution is -2.53. The number of ether oxygens (including phenoxy) is 2. The summed E-state index contributed by atoms with van der Waals surface area (Å²) in [6.45, 7) is 9.57. The fourth-order valence-corrected chi connectivity index (χ4v) is 3.61. The number of rotatable bonds is 3. The van der Waals surface area contributed by atoms with Crippen molar-refractivity contribution in [1.29, 1.82) is 0 Å². The van der Waals surface area contributed by atoms with Crippen LogP contribution in [0.2, 0.25) is 0 Å². The maximum atomic E-state index is 13.1. The van der Waals surface area contributed by atoms with Crippen LogP contribution in [-0.2, 0) is 9.53 Å². The smallest absolute Gasteiger partial charge is 0.266 e. The summed E-state index contributed by atoms with van der Waals surface area (Å²) in [4.78, 5) is 17.4. The van der Waals surface area contributed by atoms with Gasteiger partial charge in [-0.25, -0.2) is 0 Å². The Morgan fingerprint density at radius 2 is 2.04 bits per heavy atom. The van der Waals surface area contributed by atoms with Crippen LogP contribution in [0, 0.1) is 12.8 Å². The predicted octanol–water partition coefficient (Wildman–Crippen LogP) is 1.94. The highest BCUT2D eigenvalue weighted by atomic mass is 16.5. The summed E-state index contributed by atoms with van der Waals surface area (Å²) in [5.74, 6) is 1.15. The summed E-state index contributed by atoms with van der Waals surface area (Å²) in [6, 6.07) is 8.10. The van der Waals surface area contributed by atoms with Crippen molar-refractivity contribution >= 4 is 5.91 Å². The molecule has 3 rings (SSSR count). The Hall–Kier alpha value is -1.59. The molecule has 0 radical (unpaired) electrons. The number of hydrogen-bond acceptors (Lipinski definition) is 4. The molecule has 0 aliphatic carbocycles. The molecule has 0 aromatic heterocycles. The normalized spacial score (nSPS) is 25.2. The maximum Gasteiger partial charge on any atom is 0.266 e. The topological polar surface area (TPSA) is 42.0 Å². The van der Waals surface area contributed by atoms with Crippen LogP contribution >= 0.6 is 0 Å². The van der Waals surface area contributed by atoms with E-state index in [0.29, 0.717) is 19.1 Å². The van der Waals surface area contributed by atoms with E-state index in [1.54, 1.807) is 0 Å². The van der Waals surface area contributed by atoms with Gasteiger partial charge in [-0.15, -0.1) is 0 Å². The lowest BCUT2D eigenvalue weighted by molar-refractivity contribution is -0.147. The summed E-state index contributed by atoms with van der Waals surface area (Å²) in [5, 5.41) is 0. The Bertz CT molecular complexity index is 602. The Balaban J connectivity index is 1.74. The Morgan fingerprint density at radius 1 is 1.25 bits per heavy atom. The van der Waals surface area contributed by atoms with Crippen molar-refractivity contribution in [3.05, 3.63) is 29.8 Å². The van der Waals surface area contributed by atoms with E-state index >= 15 is 0 Å². The third-order valence-electron chi connectivity index (χ3n) is 4.91. The van der Waals surface area contributed by atoms with Gasteiger partial charge in [0.15, 0.2) is 5.60 Å². The number of amides is 1. The van der Waals surface area contributed by atoms with Gasteiger partial charge in [0.05, 0.1) is 19.3 Å². The summed E-state index contributed by atoms with van der Waals surface area (Å²) >= 11 is 0. The molecule has 2 fully saturated rings. The first-order valence-corrected chi connectivity index (χ1v) is 8.68. The standard InChI is InChI=1S/C19H28N2O3/c1-14-6-5-7-17(8-14)24-19(2,3)18(22)21-10-15-9-20(4)16(11-21)13-23-12-15/h5-8,15-16H,9-13H2,1-4H3/t15-,16+/m1/s1. The highest BCUT2D eigenvalue weighted by Gasteiger charge is 2.39. The van der Waals surface area contributed by atoms with Crippen molar-refractivity contribution in [3.63, 3.8) is 0 Å². The summed E-state index contributed by atoms with van der Waals surface area (Å²) in [6.07, 6.45) is 0. The van der Waals surface area contributed by atoms with Gasteiger partial charge in [-0.3, -0.25) is 9.69 Å². The SMILES string of the molecule is Cc1cccc(OC(C)(C)C(=O)N2C[C@@H]3COC[C@H](C2)N(C)C3)c1. The van der Waals surface area contributed by atoms with Gasteiger partial charge >= 0.3 is 0 Å². The number of nitrogens with zero attached hydrogens (tertiary/aromatic N) is 2. The predicted molar refractivity (Wildman–Crippen MR) is 93.2 cm³/mol. The van der Waals surface area contributed by atoms with E-state index in [1.165, 1.54) is 0 Å². The average molecular weight is 332 g/mol. The average Bonchev–Trinajstić information content (AvgIpc) is 2.74. The Kier molecular flexibility index (Phi) is 4.83. The lowest BCUT2D eigenvalue weighted by Gasteiger charge is -2.35. The van der Waals surface area contributed by atoms with Crippen molar-refractivity contribution in [2.45, 2.75) is 32.4 Å². The molecule has 132 valence electrons. The van der Waals surface area contributed by atoms with E-state index in [4.69, 9.17) is 9.47 Å². The minimum atomic E-state index is -0.883. The fraction of sp³-hybridized carbons (Fsp3) is 0.632. The van der Waals surface area contributed by atoms with Crippen molar-refractivity contribution in [3.8, 4) is 5.75 Å². The van der Waals surface area contributed by atoms with E-state index in [9.17, 15) is 4.79 Å². The summed E-state index contributed by atoms with van der Waals surface area (Å²) in [7, 11) is 2.12. The van der Waals surface area contributed by atoms with E-state index < -0.39 is 5.60 Å². The Labute approximate surface area is 144 Å². The van der Waals surface area contributed by atoms with Gasteiger partial charge in [-0.05, 0) is 45.5 Å². The first-order chi connectivity index (χ1) is 11.3. The molecule has 2 aliphatic rings. The van der Waals surface area contributed by atoms with E-state index in [2.05, 4.69) is 11.9 Å². The molecular formula is C19H28N2O3. The van der Waals surface area contributed by atoms with Gasteiger partial charge in [-0.2, -0.15) is 0 Å². The fourth-order valence-electron chi connectivity index (χ4n) is 3.61. The van der Waals surface area contributed by atoms with Crippen LogP contribution in [0.4, 0.5) is 0 Å². The van der Waals surface area contributed by atoms with Crippen LogP contribution in [-0.4, -0.2) is 67.2 Å². The second-order valence-corrected chi connectivity index (χ2v) is 7.64. The van der Waals surface area contributed by atoms with Crippen molar-refractivity contribution in [2.24, 2.45) is 5.92 Å². The molecule has 2 atom stereocenters. The zero-order valence-corrected chi connectivity index (χ0v) is 15.1. The first-order valence-electron chi connectivity index (χ1n) is 8.68. The first kappa shape index (κ1) is 17.2. The zero-order chi connectivity index (χ0) is 17.3. The monoisotopic (exact) mass is 332 g/mol. The van der Waals surface area contributed by atoms with Crippen molar-refractivity contribution in [1.82, 2.24) is 9.80 Å². The second-order valence-electron chi connectivity index (χ2n) is 7.64. The Morgan fingerprint density at radius 3 is 2.79 bits per heavy atom. The van der Waals surface area contributed by atoms with Crippen LogP contribution in [0.3, 0.4) is 0 Å². The molecule has 1 aromatic carbocycles. The zero-order valence-electron chi connectivity index (χ0n) is 15.1. The number of carbonyl (C=O) groups excluding carboxylic acids is 1. The third kappa shape index (κ3) is 3.73. The second kappa shape index (κ2) is 6.73. The van der Waals surface area contributed by atoms with Gasteiger partial charge in [-0.1, -0.05) is 12.1 Å². The molecule has 2 saturated heterocycles. The highest BCUT2D eigenvalue weighted by Crippen LogP contribution is 2.24. The van der Waals surface area contributed by atoms with Gasteiger partial charge in [0.1, 0.15) is 5.75 Å². The van der Waals surface area contributed by atoms with Crippen LogP contribution in [0.15, 0.2) is 24.3 Å². The number of likely N-dealkylation sites (N-methyl/N-ethyl adjacent to an activating group) is 1. The van der Waals surface area contributed by atoms with Crippen LogP contribution in [0.1, 0.15) is 19.4 Å². The van der Waals surface area contributed by atoms with Gasteiger partial charge in [0.2, 0.25) is 0 Å². The molecule has 0 saturated carbocycles.